The summed E-state index contributed by atoms with van der Waals surface area (Å²) in [4.78, 5) is 8.99. The van der Waals surface area contributed by atoms with E-state index < -0.39 is 0 Å². The van der Waals surface area contributed by atoms with Crippen molar-refractivity contribution in [2.45, 2.75) is 31.2 Å². The summed E-state index contributed by atoms with van der Waals surface area (Å²) in [6, 6.07) is 3.90. The van der Waals surface area contributed by atoms with Crippen molar-refractivity contribution in [2.75, 3.05) is 0 Å². The van der Waals surface area contributed by atoms with Gasteiger partial charge in [0.05, 0.1) is 5.54 Å². The van der Waals surface area contributed by atoms with Crippen LogP contribution >= 0.6 is 0 Å². The van der Waals surface area contributed by atoms with Crippen LogP contribution in [0, 0.1) is 0 Å². The van der Waals surface area contributed by atoms with E-state index in [0.717, 1.165) is 29.8 Å². The number of hydrogen-bond donors (Lipinski definition) is 1. The first-order valence-electron chi connectivity index (χ1n) is 5.77. The van der Waals surface area contributed by atoms with Gasteiger partial charge in [0.1, 0.15) is 11.3 Å². The molecule has 0 bridgehead atoms. The molecule has 3 rings (SSSR count). The highest BCUT2D eigenvalue weighted by Crippen LogP contribution is 2.36. The lowest BCUT2D eigenvalue weighted by Gasteiger charge is -2.22. The second kappa shape index (κ2) is 3.28. The molecule has 1 aliphatic rings. The summed E-state index contributed by atoms with van der Waals surface area (Å²) in [7, 11) is 2.00. The molecular formula is C12H16N4. The standard InChI is InChI=1S/C12H16N4/c1-16-10-9(5-4-8-14-10)15-11(16)12(13)6-2-3-7-12/h4-5,8H,2-3,6-7,13H2,1H3. The molecule has 0 amide bonds. The molecule has 0 saturated heterocycles. The van der Waals surface area contributed by atoms with E-state index >= 15 is 0 Å². The van der Waals surface area contributed by atoms with Crippen LogP contribution in [0.2, 0.25) is 0 Å². The van der Waals surface area contributed by atoms with Crippen molar-refractivity contribution in [1.29, 1.82) is 0 Å². The van der Waals surface area contributed by atoms with Crippen LogP contribution in [0.15, 0.2) is 18.3 Å². The molecule has 0 aliphatic heterocycles. The molecule has 16 heavy (non-hydrogen) atoms. The Morgan fingerprint density at radius 3 is 2.81 bits per heavy atom. The highest BCUT2D eigenvalue weighted by atomic mass is 15.1. The minimum absolute atomic E-state index is 0.241. The van der Waals surface area contributed by atoms with E-state index in [1.54, 1.807) is 6.20 Å². The summed E-state index contributed by atoms with van der Waals surface area (Å²) in [5.74, 6) is 0.985. The number of hydrogen-bond acceptors (Lipinski definition) is 3. The number of aryl methyl sites for hydroxylation is 1. The molecule has 1 fully saturated rings. The van der Waals surface area contributed by atoms with Gasteiger partial charge in [-0.15, -0.1) is 0 Å². The van der Waals surface area contributed by atoms with Gasteiger partial charge in [-0.05, 0) is 25.0 Å². The molecule has 2 heterocycles. The zero-order chi connectivity index (χ0) is 11.2. The molecule has 2 N–H and O–H groups in total. The number of pyridine rings is 1. The van der Waals surface area contributed by atoms with Crippen LogP contribution in [0.1, 0.15) is 31.5 Å². The quantitative estimate of drug-likeness (QED) is 0.789. The summed E-state index contributed by atoms with van der Waals surface area (Å²) in [5.41, 5.74) is 8.06. The van der Waals surface area contributed by atoms with Crippen molar-refractivity contribution in [2.24, 2.45) is 12.8 Å². The Morgan fingerprint density at radius 1 is 1.38 bits per heavy atom. The number of rotatable bonds is 1. The van der Waals surface area contributed by atoms with Gasteiger partial charge >= 0.3 is 0 Å². The van der Waals surface area contributed by atoms with Crippen molar-refractivity contribution < 1.29 is 0 Å². The highest BCUT2D eigenvalue weighted by molar-refractivity contribution is 5.71. The van der Waals surface area contributed by atoms with E-state index in [1.165, 1.54) is 12.8 Å². The maximum absolute atomic E-state index is 6.43. The third-order valence-electron chi connectivity index (χ3n) is 3.57. The summed E-state index contributed by atoms with van der Waals surface area (Å²) in [6.07, 6.45) is 6.26. The fourth-order valence-electron chi connectivity index (χ4n) is 2.70. The first kappa shape index (κ1) is 9.78. The fourth-order valence-corrected chi connectivity index (χ4v) is 2.70. The molecule has 0 spiro atoms. The molecule has 1 saturated carbocycles. The van der Waals surface area contributed by atoms with Gasteiger partial charge in [-0.1, -0.05) is 12.8 Å². The number of nitrogens with two attached hydrogens (primary N) is 1. The van der Waals surface area contributed by atoms with Crippen molar-refractivity contribution in [3.05, 3.63) is 24.2 Å². The minimum atomic E-state index is -0.241. The topological polar surface area (TPSA) is 56.7 Å². The number of fused-ring (bicyclic) bond motifs is 1. The fraction of sp³-hybridized carbons (Fsp3) is 0.500. The van der Waals surface area contributed by atoms with Crippen molar-refractivity contribution in [1.82, 2.24) is 14.5 Å². The number of nitrogens with zero attached hydrogens (tertiary/aromatic N) is 3. The predicted molar refractivity (Wildman–Crippen MR) is 62.8 cm³/mol. The number of aromatic nitrogens is 3. The van der Waals surface area contributed by atoms with Crippen LogP contribution in [-0.2, 0) is 12.6 Å². The molecule has 1 aliphatic carbocycles. The normalized spacial score (nSPS) is 19.4. The summed E-state index contributed by atoms with van der Waals surface area (Å²) in [5, 5.41) is 0. The molecular weight excluding hydrogens is 200 g/mol. The van der Waals surface area contributed by atoms with E-state index in [4.69, 9.17) is 5.73 Å². The van der Waals surface area contributed by atoms with E-state index in [-0.39, 0.29) is 5.54 Å². The minimum Gasteiger partial charge on any atom is -0.319 e. The maximum Gasteiger partial charge on any atom is 0.159 e. The van der Waals surface area contributed by atoms with Gasteiger partial charge in [0.15, 0.2) is 5.65 Å². The molecule has 4 heteroatoms. The highest BCUT2D eigenvalue weighted by Gasteiger charge is 2.35. The summed E-state index contributed by atoms with van der Waals surface area (Å²) >= 11 is 0. The van der Waals surface area contributed by atoms with Crippen molar-refractivity contribution in [3.63, 3.8) is 0 Å². The first-order chi connectivity index (χ1) is 7.71. The first-order valence-corrected chi connectivity index (χ1v) is 5.77. The SMILES string of the molecule is Cn1c(C2(N)CCCC2)nc2cccnc21. The van der Waals surface area contributed by atoms with Crippen LogP contribution in [0.4, 0.5) is 0 Å². The molecule has 0 aromatic carbocycles. The molecule has 84 valence electrons. The zero-order valence-corrected chi connectivity index (χ0v) is 9.48. The van der Waals surface area contributed by atoms with Crippen LogP contribution in [0.3, 0.4) is 0 Å². The monoisotopic (exact) mass is 216 g/mol. The Bertz CT molecular complexity index is 523. The second-order valence-corrected chi connectivity index (χ2v) is 4.70. The lowest BCUT2D eigenvalue weighted by atomic mass is 9.98. The molecule has 0 atom stereocenters. The Morgan fingerprint density at radius 2 is 2.12 bits per heavy atom. The van der Waals surface area contributed by atoms with E-state index in [0.29, 0.717) is 0 Å². The lowest BCUT2D eigenvalue weighted by molar-refractivity contribution is 0.420. The largest absolute Gasteiger partial charge is 0.319 e. The van der Waals surface area contributed by atoms with Crippen LogP contribution in [0.25, 0.3) is 11.2 Å². The molecule has 0 unspecified atom stereocenters. The zero-order valence-electron chi connectivity index (χ0n) is 9.48. The van der Waals surface area contributed by atoms with Crippen molar-refractivity contribution >= 4 is 11.2 Å². The average Bonchev–Trinajstić information content (AvgIpc) is 2.86. The predicted octanol–water partition coefficient (Wildman–Crippen LogP) is 1.70. The lowest BCUT2D eigenvalue weighted by Crippen LogP contribution is -2.36. The molecule has 2 aromatic heterocycles. The Kier molecular flexibility index (Phi) is 2.01. The molecule has 0 radical (unpaired) electrons. The Labute approximate surface area is 94.5 Å². The third-order valence-corrected chi connectivity index (χ3v) is 3.57. The van der Waals surface area contributed by atoms with Gasteiger partial charge in [-0.3, -0.25) is 0 Å². The smallest absolute Gasteiger partial charge is 0.159 e. The van der Waals surface area contributed by atoms with Gasteiger partial charge in [0, 0.05) is 13.2 Å². The molecule has 2 aromatic rings. The third kappa shape index (κ3) is 1.26. The van der Waals surface area contributed by atoms with E-state index in [2.05, 4.69) is 9.97 Å². The van der Waals surface area contributed by atoms with Gasteiger partial charge in [-0.25, -0.2) is 9.97 Å². The Balaban J connectivity index is 2.20. The molecule has 4 nitrogen and oxygen atoms in total. The maximum atomic E-state index is 6.43. The average molecular weight is 216 g/mol. The summed E-state index contributed by atoms with van der Waals surface area (Å²) in [6.45, 7) is 0. The van der Waals surface area contributed by atoms with Gasteiger partial charge < -0.3 is 10.3 Å². The second-order valence-electron chi connectivity index (χ2n) is 4.70. The van der Waals surface area contributed by atoms with E-state index in [1.807, 2.05) is 23.7 Å². The van der Waals surface area contributed by atoms with Crippen LogP contribution < -0.4 is 5.73 Å². The van der Waals surface area contributed by atoms with Gasteiger partial charge in [-0.2, -0.15) is 0 Å². The van der Waals surface area contributed by atoms with Gasteiger partial charge in [0.25, 0.3) is 0 Å². The number of imidazole rings is 1. The van der Waals surface area contributed by atoms with Crippen LogP contribution in [-0.4, -0.2) is 14.5 Å². The van der Waals surface area contributed by atoms with Crippen LogP contribution in [0.5, 0.6) is 0 Å². The van der Waals surface area contributed by atoms with Crippen molar-refractivity contribution in [3.8, 4) is 0 Å². The Hall–Kier alpha value is -1.42. The summed E-state index contributed by atoms with van der Waals surface area (Å²) < 4.78 is 2.04. The van der Waals surface area contributed by atoms with E-state index in [9.17, 15) is 0 Å². The van der Waals surface area contributed by atoms with Gasteiger partial charge in [0.2, 0.25) is 0 Å².